The van der Waals surface area contributed by atoms with Crippen LogP contribution < -0.4 is 4.74 Å². The Labute approximate surface area is 338 Å². The molecule has 6 aromatic rings. The molecule has 7 nitrogen and oxygen atoms in total. The Balaban J connectivity index is 1.23. The maximum Gasteiger partial charge on any atom is 0.225 e. The second-order valence-electron chi connectivity index (χ2n) is 14.0. The summed E-state index contributed by atoms with van der Waals surface area (Å²) < 4.78 is 54.7. The highest BCUT2D eigenvalue weighted by Gasteiger charge is 2.58. The first-order valence-electron chi connectivity index (χ1n) is 19.0. The van der Waals surface area contributed by atoms with Gasteiger partial charge in [-0.25, -0.2) is 4.39 Å². The fraction of sp³-hybridized carbons (Fsp3) is 0.250. The number of rotatable bonds is 17. The molecule has 0 radical (unpaired) electrons. The quantitative estimate of drug-likeness (QED) is 0.0987. The van der Waals surface area contributed by atoms with E-state index in [1.165, 1.54) is 6.07 Å². The molecular formula is C48H46ClFO7. The van der Waals surface area contributed by atoms with Crippen molar-refractivity contribution in [3.63, 3.8) is 0 Å². The van der Waals surface area contributed by atoms with Gasteiger partial charge in [0.1, 0.15) is 31.0 Å². The topological polar surface area (TPSA) is 75.6 Å². The molecule has 0 aliphatic carbocycles. The van der Waals surface area contributed by atoms with Gasteiger partial charge in [-0.1, -0.05) is 145 Å². The molecule has 0 bridgehead atoms. The van der Waals surface area contributed by atoms with E-state index in [9.17, 15) is 5.11 Å². The number of halogens is 2. The van der Waals surface area contributed by atoms with Crippen molar-refractivity contribution in [2.75, 3.05) is 13.7 Å². The molecule has 1 saturated heterocycles. The van der Waals surface area contributed by atoms with Crippen molar-refractivity contribution in [1.29, 1.82) is 0 Å². The number of methoxy groups -OCH3 is 1. The van der Waals surface area contributed by atoms with Crippen LogP contribution in [-0.2, 0) is 62.3 Å². The summed E-state index contributed by atoms with van der Waals surface area (Å²) in [5, 5.41) is 11.4. The molecule has 0 spiro atoms. The molecule has 0 saturated carbocycles. The van der Waals surface area contributed by atoms with Gasteiger partial charge in [0.25, 0.3) is 0 Å². The second-order valence-corrected chi connectivity index (χ2v) is 14.4. The first-order chi connectivity index (χ1) is 28.0. The van der Waals surface area contributed by atoms with Crippen molar-refractivity contribution in [3.8, 4) is 5.75 Å². The third kappa shape index (κ3) is 9.98. The van der Waals surface area contributed by atoms with Crippen LogP contribution in [0.25, 0.3) is 0 Å². The minimum absolute atomic E-state index is 0.162. The average Bonchev–Trinajstić information content (AvgIpc) is 3.26. The molecule has 1 aliphatic rings. The number of ether oxygens (including phenoxy) is 6. The van der Waals surface area contributed by atoms with Crippen molar-refractivity contribution < 1.29 is 37.9 Å². The van der Waals surface area contributed by atoms with Crippen LogP contribution in [0.1, 0.15) is 38.9 Å². The Morgan fingerprint density at radius 2 is 1.14 bits per heavy atom. The van der Waals surface area contributed by atoms with Gasteiger partial charge in [0.15, 0.2) is 11.6 Å². The van der Waals surface area contributed by atoms with Gasteiger partial charge in [0, 0.05) is 17.7 Å². The molecule has 294 valence electrons. The molecule has 1 heterocycles. The largest absolute Gasteiger partial charge is 0.486 e. The molecule has 57 heavy (non-hydrogen) atoms. The van der Waals surface area contributed by atoms with E-state index in [0.717, 1.165) is 22.3 Å². The van der Waals surface area contributed by atoms with Crippen LogP contribution in [0.2, 0.25) is 5.02 Å². The minimum atomic E-state index is -1.60. The summed E-state index contributed by atoms with van der Waals surface area (Å²) >= 11 is 6.85. The molecule has 1 unspecified atom stereocenters. The lowest BCUT2D eigenvalue weighted by atomic mass is 9.86. The van der Waals surface area contributed by atoms with Crippen LogP contribution in [0.15, 0.2) is 158 Å². The van der Waals surface area contributed by atoms with E-state index in [2.05, 4.69) is 0 Å². The third-order valence-electron chi connectivity index (χ3n) is 10.1. The van der Waals surface area contributed by atoms with Gasteiger partial charge in [0.2, 0.25) is 5.79 Å². The summed E-state index contributed by atoms with van der Waals surface area (Å²) in [6.45, 7) is 0.557. The lowest BCUT2D eigenvalue weighted by molar-refractivity contribution is -0.384. The summed E-state index contributed by atoms with van der Waals surface area (Å²) in [5.74, 6) is -1.91. The van der Waals surface area contributed by atoms with Gasteiger partial charge in [-0.05, 0) is 64.1 Å². The molecule has 1 fully saturated rings. The Kier molecular flexibility index (Phi) is 13.8. The van der Waals surface area contributed by atoms with Gasteiger partial charge in [-0.15, -0.1) is 0 Å². The molecule has 0 amide bonds. The monoisotopic (exact) mass is 788 g/mol. The van der Waals surface area contributed by atoms with Gasteiger partial charge >= 0.3 is 0 Å². The van der Waals surface area contributed by atoms with Gasteiger partial charge < -0.3 is 33.5 Å². The Morgan fingerprint density at radius 3 is 1.67 bits per heavy atom. The van der Waals surface area contributed by atoms with E-state index in [1.807, 2.05) is 140 Å². The van der Waals surface area contributed by atoms with Crippen molar-refractivity contribution >= 4 is 11.6 Å². The zero-order valence-electron chi connectivity index (χ0n) is 31.7. The van der Waals surface area contributed by atoms with E-state index in [4.69, 9.17) is 40.0 Å². The molecule has 7 rings (SSSR count). The normalized spacial score (nSPS) is 20.6. The van der Waals surface area contributed by atoms with E-state index in [0.29, 0.717) is 28.1 Å². The van der Waals surface area contributed by atoms with Crippen molar-refractivity contribution in [2.45, 2.75) is 63.1 Å². The second kappa shape index (κ2) is 19.5. The maximum absolute atomic E-state index is 15.4. The fourth-order valence-corrected chi connectivity index (χ4v) is 7.34. The number of aliphatic hydroxyl groups excluding tert-OH is 1. The molecule has 0 aromatic heterocycles. The zero-order valence-corrected chi connectivity index (χ0v) is 32.5. The van der Waals surface area contributed by atoms with E-state index in [1.54, 1.807) is 19.2 Å². The highest BCUT2D eigenvalue weighted by molar-refractivity contribution is 6.31. The number of hydrogen-bond donors (Lipinski definition) is 1. The first-order valence-corrected chi connectivity index (χ1v) is 19.4. The SMILES string of the molecule is CO[C@@]1(c2ccc(Cl)c(Cc3ccc(OCc4ccccc4)c(F)c3)c2)OC(CO)[C@H](OCc2ccccc2)[C@H](OCc2ccccc2)[C@H]1OCc1ccccc1. The van der Waals surface area contributed by atoms with Crippen LogP contribution in [0.4, 0.5) is 4.39 Å². The summed E-state index contributed by atoms with van der Waals surface area (Å²) in [5.41, 5.74) is 5.77. The summed E-state index contributed by atoms with van der Waals surface area (Å²) in [4.78, 5) is 0. The Bertz CT molecular complexity index is 2140. The standard InChI is InChI=1S/C48H46ClFO7/c1-52-48(40-23-24-41(49)39(28-40)26-38-22-25-43(42(50)27-38)53-30-34-14-6-2-7-15-34)47(56-33-37-20-12-5-13-21-37)46(55-32-36-18-10-4-11-19-36)45(44(29-51)57-48)54-31-35-16-8-3-9-17-35/h2-25,27-28,44-47,51H,26,29-33H2,1H3/t44?,45-,46-,47+,48-/m0/s1. The number of aliphatic hydroxyl groups is 1. The number of benzene rings is 6. The fourth-order valence-electron chi connectivity index (χ4n) is 7.15. The lowest BCUT2D eigenvalue weighted by Gasteiger charge is -2.52. The van der Waals surface area contributed by atoms with Crippen LogP contribution in [0, 0.1) is 5.82 Å². The Morgan fingerprint density at radius 1 is 0.614 bits per heavy atom. The van der Waals surface area contributed by atoms with E-state index < -0.39 is 36.0 Å². The van der Waals surface area contributed by atoms with Gasteiger partial charge in [0.05, 0.1) is 26.4 Å². The highest BCUT2D eigenvalue weighted by atomic mass is 35.5. The van der Waals surface area contributed by atoms with Crippen LogP contribution in [0.5, 0.6) is 5.75 Å². The van der Waals surface area contributed by atoms with Crippen molar-refractivity contribution in [3.05, 3.63) is 208 Å². The highest BCUT2D eigenvalue weighted by Crippen LogP contribution is 2.44. The third-order valence-corrected chi connectivity index (χ3v) is 10.5. The smallest absolute Gasteiger partial charge is 0.225 e. The summed E-state index contributed by atoms with van der Waals surface area (Å²) in [6.07, 6.45) is -3.05. The number of hydrogen-bond acceptors (Lipinski definition) is 7. The van der Waals surface area contributed by atoms with Crippen molar-refractivity contribution in [2.24, 2.45) is 0 Å². The van der Waals surface area contributed by atoms with Crippen molar-refractivity contribution in [1.82, 2.24) is 0 Å². The van der Waals surface area contributed by atoms with E-state index in [-0.39, 0.29) is 38.8 Å². The average molecular weight is 789 g/mol. The predicted molar refractivity (Wildman–Crippen MR) is 217 cm³/mol. The zero-order chi connectivity index (χ0) is 39.5. The lowest BCUT2D eigenvalue weighted by Crippen LogP contribution is -2.66. The van der Waals surface area contributed by atoms with Crippen LogP contribution in [-0.4, -0.2) is 43.2 Å². The van der Waals surface area contributed by atoms with Crippen LogP contribution in [0.3, 0.4) is 0 Å². The molecule has 1 N–H and O–H groups in total. The predicted octanol–water partition coefficient (Wildman–Crippen LogP) is 9.60. The maximum atomic E-state index is 15.4. The van der Waals surface area contributed by atoms with Gasteiger partial charge in [-0.2, -0.15) is 0 Å². The molecular weight excluding hydrogens is 743 g/mol. The molecule has 6 aromatic carbocycles. The molecule has 5 atom stereocenters. The van der Waals surface area contributed by atoms with E-state index >= 15 is 4.39 Å². The molecule has 9 heteroatoms. The summed E-state index contributed by atoms with van der Waals surface area (Å²) in [6, 6.07) is 49.5. The Hall–Kier alpha value is -4.90. The molecule has 1 aliphatic heterocycles. The van der Waals surface area contributed by atoms with Crippen LogP contribution >= 0.6 is 11.6 Å². The minimum Gasteiger partial charge on any atom is -0.486 e. The summed E-state index contributed by atoms with van der Waals surface area (Å²) in [7, 11) is 1.55. The van der Waals surface area contributed by atoms with Gasteiger partial charge in [-0.3, -0.25) is 0 Å². The first kappa shape index (κ1) is 40.3.